The summed E-state index contributed by atoms with van der Waals surface area (Å²) < 4.78 is 20.1. The van der Waals surface area contributed by atoms with Crippen molar-refractivity contribution in [2.45, 2.75) is 57.7 Å². The second-order valence-corrected chi connectivity index (χ2v) is 8.83. The predicted octanol–water partition coefficient (Wildman–Crippen LogP) is 4.53. The lowest BCUT2D eigenvalue weighted by atomic mass is 9.79. The Bertz CT molecular complexity index is 947. The highest BCUT2D eigenvalue weighted by Crippen LogP contribution is 2.30. The van der Waals surface area contributed by atoms with Crippen molar-refractivity contribution in [3.8, 4) is 17.6 Å². The number of nitrogens with zero attached hydrogens (tertiary/aromatic N) is 1. The molecule has 152 valence electrons. The van der Waals surface area contributed by atoms with Gasteiger partial charge in [-0.1, -0.05) is 12.1 Å². The van der Waals surface area contributed by atoms with Crippen LogP contribution in [0.5, 0.6) is 11.5 Å². The van der Waals surface area contributed by atoms with E-state index in [1.807, 2.05) is 6.07 Å². The highest BCUT2D eigenvalue weighted by Gasteiger charge is 2.38. The molecule has 1 aliphatic heterocycles. The molecule has 0 bridgehead atoms. The topological polar surface area (TPSA) is 74.1 Å². The second-order valence-electron chi connectivity index (χ2n) is 8.83. The quantitative estimate of drug-likeness (QED) is 0.798. The molecule has 6 heteroatoms. The monoisotopic (exact) mass is 395 g/mol. The zero-order valence-corrected chi connectivity index (χ0v) is 17.2. The van der Waals surface area contributed by atoms with Crippen molar-refractivity contribution in [3.05, 3.63) is 59.4 Å². The first-order valence-electron chi connectivity index (χ1n) is 9.65. The van der Waals surface area contributed by atoms with Gasteiger partial charge in [0.15, 0.2) is 11.6 Å². The Hall–Kier alpha value is -2.91. The molecule has 0 spiro atoms. The normalized spacial score (nSPS) is 17.9. The molecule has 2 N–H and O–H groups in total. The fourth-order valence-corrected chi connectivity index (χ4v) is 4.18. The Morgan fingerprint density at radius 2 is 1.79 bits per heavy atom. The van der Waals surface area contributed by atoms with Crippen molar-refractivity contribution >= 4 is 5.91 Å². The lowest BCUT2D eigenvalue weighted by Gasteiger charge is -2.46. The molecular weight excluding hydrogens is 369 g/mol. The van der Waals surface area contributed by atoms with E-state index in [4.69, 9.17) is 10.00 Å². The lowest BCUT2D eigenvalue weighted by Crippen LogP contribution is -2.62. The third-order valence-electron chi connectivity index (χ3n) is 4.95. The van der Waals surface area contributed by atoms with Gasteiger partial charge in [0.25, 0.3) is 5.91 Å². The number of carbonyl (C=O) groups excluding carboxylic acids is 1. The van der Waals surface area contributed by atoms with E-state index in [1.54, 1.807) is 24.3 Å². The Balaban J connectivity index is 1.73. The van der Waals surface area contributed by atoms with Gasteiger partial charge in [-0.2, -0.15) is 5.26 Å². The average Bonchev–Trinajstić information content (AvgIpc) is 2.61. The standard InChI is InChI=1S/C23H26FN3O2/c1-22(2)12-17(13-23(3,4)27-22)26-21(28)15-9-10-20(18(24)11-15)29-19-8-6-5-7-16(19)14-25/h5-11,17,27H,12-13H2,1-4H3,(H,26,28). The maximum atomic E-state index is 14.6. The van der Waals surface area contributed by atoms with Crippen LogP contribution in [0.2, 0.25) is 0 Å². The average molecular weight is 395 g/mol. The van der Waals surface area contributed by atoms with Gasteiger partial charge < -0.3 is 15.4 Å². The van der Waals surface area contributed by atoms with Crippen LogP contribution >= 0.6 is 0 Å². The molecule has 1 saturated heterocycles. The highest BCUT2D eigenvalue weighted by atomic mass is 19.1. The van der Waals surface area contributed by atoms with Crippen LogP contribution in [-0.4, -0.2) is 23.0 Å². The van der Waals surface area contributed by atoms with E-state index in [1.165, 1.54) is 12.1 Å². The molecule has 2 aromatic rings. The molecule has 1 fully saturated rings. The molecule has 0 atom stereocenters. The number of hydrogen-bond donors (Lipinski definition) is 2. The molecule has 0 unspecified atom stereocenters. The van der Waals surface area contributed by atoms with Gasteiger partial charge in [-0.15, -0.1) is 0 Å². The van der Waals surface area contributed by atoms with Crippen LogP contribution in [0.1, 0.15) is 56.5 Å². The highest BCUT2D eigenvalue weighted by molar-refractivity contribution is 5.94. The maximum absolute atomic E-state index is 14.6. The number of hydrogen-bond acceptors (Lipinski definition) is 4. The number of amides is 1. The zero-order chi connectivity index (χ0) is 21.2. The fourth-order valence-electron chi connectivity index (χ4n) is 4.18. The van der Waals surface area contributed by atoms with E-state index in [-0.39, 0.29) is 40.1 Å². The Kier molecular flexibility index (Phi) is 5.63. The molecule has 3 rings (SSSR count). The number of carbonyl (C=O) groups is 1. The largest absolute Gasteiger partial charge is 0.453 e. The zero-order valence-electron chi connectivity index (χ0n) is 17.2. The summed E-state index contributed by atoms with van der Waals surface area (Å²) in [7, 11) is 0. The van der Waals surface area contributed by atoms with Crippen LogP contribution < -0.4 is 15.4 Å². The minimum atomic E-state index is -0.656. The van der Waals surface area contributed by atoms with E-state index in [0.717, 1.165) is 18.9 Å². The Labute approximate surface area is 170 Å². The van der Waals surface area contributed by atoms with Crippen LogP contribution in [0, 0.1) is 17.1 Å². The number of nitrogens with one attached hydrogen (secondary N) is 2. The first kappa shape index (κ1) is 20.8. The molecule has 1 heterocycles. The van der Waals surface area contributed by atoms with Gasteiger partial charge in [-0.3, -0.25) is 4.79 Å². The van der Waals surface area contributed by atoms with Crippen LogP contribution in [0.3, 0.4) is 0 Å². The summed E-state index contributed by atoms with van der Waals surface area (Å²) in [6.07, 6.45) is 1.58. The Morgan fingerprint density at radius 3 is 2.41 bits per heavy atom. The maximum Gasteiger partial charge on any atom is 0.251 e. The molecule has 2 aromatic carbocycles. The minimum absolute atomic E-state index is 0.00440. The van der Waals surface area contributed by atoms with Gasteiger partial charge in [-0.05, 0) is 70.9 Å². The number of nitriles is 1. The van der Waals surface area contributed by atoms with E-state index in [2.05, 4.69) is 38.3 Å². The first-order chi connectivity index (χ1) is 13.6. The first-order valence-corrected chi connectivity index (χ1v) is 9.65. The molecule has 0 aromatic heterocycles. The van der Waals surface area contributed by atoms with E-state index < -0.39 is 5.82 Å². The van der Waals surface area contributed by atoms with Gasteiger partial charge >= 0.3 is 0 Å². The molecule has 1 amide bonds. The summed E-state index contributed by atoms with van der Waals surface area (Å²) >= 11 is 0. The van der Waals surface area contributed by atoms with Crippen molar-refractivity contribution < 1.29 is 13.9 Å². The van der Waals surface area contributed by atoms with Crippen molar-refractivity contribution in [3.63, 3.8) is 0 Å². The molecule has 1 aliphatic rings. The lowest BCUT2D eigenvalue weighted by molar-refractivity contribution is 0.0872. The van der Waals surface area contributed by atoms with Crippen LogP contribution in [0.25, 0.3) is 0 Å². The van der Waals surface area contributed by atoms with E-state index in [9.17, 15) is 9.18 Å². The number of para-hydroxylation sites is 1. The molecule has 0 radical (unpaired) electrons. The van der Waals surface area contributed by atoms with Crippen LogP contribution in [-0.2, 0) is 0 Å². The molecular formula is C23H26FN3O2. The summed E-state index contributed by atoms with van der Waals surface area (Å²) in [6, 6.07) is 12.7. The SMILES string of the molecule is CC1(C)CC(NC(=O)c2ccc(Oc3ccccc3C#N)c(F)c2)CC(C)(C)N1. The summed E-state index contributed by atoms with van der Waals surface area (Å²) in [5.74, 6) is -0.735. The van der Waals surface area contributed by atoms with Gasteiger partial charge in [0.1, 0.15) is 11.8 Å². The third-order valence-corrected chi connectivity index (χ3v) is 4.95. The fraction of sp³-hybridized carbons (Fsp3) is 0.391. The van der Waals surface area contributed by atoms with Crippen molar-refractivity contribution in [1.82, 2.24) is 10.6 Å². The summed E-state index contributed by atoms with van der Waals surface area (Å²) in [4.78, 5) is 12.7. The predicted molar refractivity (Wildman–Crippen MR) is 109 cm³/mol. The van der Waals surface area contributed by atoms with Crippen molar-refractivity contribution in [2.24, 2.45) is 0 Å². The smallest absolute Gasteiger partial charge is 0.251 e. The molecule has 0 saturated carbocycles. The third kappa shape index (κ3) is 5.12. The number of benzene rings is 2. The minimum Gasteiger partial charge on any atom is -0.453 e. The summed E-state index contributed by atoms with van der Waals surface area (Å²) in [5, 5.41) is 15.7. The van der Waals surface area contributed by atoms with Gasteiger partial charge in [0, 0.05) is 22.7 Å². The number of ether oxygens (including phenoxy) is 1. The summed E-state index contributed by atoms with van der Waals surface area (Å²) in [6.45, 7) is 8.44. The number of halogens is 1. The van der Waals surface area contributed by atoms with Crippen molar-refractivity contribution in [2.75, 3.05) is 0 Å². The number of rotatable bonds is 4. The van der Waals surface area contributed by atoms with Crippen molar-refractivity contribution in [1.29, 1.82) is 5.26 Å². The molecule has 0 aliphatic carbocycles. The van der Waals surface area contributed by atoms with Gasteiger partial charge in [-0.25, -0.2) is 4.39 Å². The van der Waals surface area contributed by atoms with E-state index in [0.29, 0.717) is 5.56 Å². The molecule has 29 heavy (non-hydrogen) atoms. The summed E-state index contributed by atoms with van der Waals surface area (Å²) in [5.41, 5.74) is 0.343. The van der Waals surface area contributed by atoms with Crippen LogP contribution in [0.15, 0.2) is 42.5 Å². The second kappa shape index (κ2) is 7.84. The van der Waals surface area contributed by atoms with Crippen LogP contribution in [0.4, 0.5) is 4.39 Å². The van der Waals surface area contributed by atoms with Gasteiger partial charge in [0.05, 0.1) is 5.56 Å². The molecule has 5 nitrogen and oxygen atoms in total. The van der Waals surface area contributed by atoms with Gasteiger partial charge in [0.2, 0.25) is 0 Å². The number of piperidine rings is 1. The Morgan fingerprint density at radius 1 is 1.14 bits per heavy atom. The van der Waals surface area contributed by atoms with E-state index >= 15 is 0 Å².